The fourth-order valence-corrected chi connectivity index (χ4v) is 1.89. The number of aryl methyl sites for hydroxylation is 1. The van der Waals surface area contributed by atoms with E-state index in [1.165, 1.54) is 0 Å². The van der Waals surface area contributed by atoms with E-state index in [-0.39, 0.29) is 6.23 Å². The number of hydrogen-bond acceptors (Lipinski definition) is 5. The van der Waals surface area contributed by atoms with E-state index in [9.17, 15) is 0 Å². The maximum Gasteiger partial charge on any atom is 0.248 e. The summed E-state index contributed by atoms with van der Waals surface area (Å²) in [6.45, 7) is 2.65. The quantitative estimate of drug-likeness (QED) is 0.794. The number of oxazole rings is 1. The Kier molecular flexibility index (Phi) is 2.64. The van der Waals surface area contributed by atoms with E-state index in [4.69, 9.17) is 9.15 Å². The Morgan fingerprint density at radius 3 is 3.06 bits per heavy atom. The van der Waals surface area contributed by atoms with Crippen LogP contribution in [0.5, 0.6) is 0 Å². The molecule has 3 heterocycles. The van der Waals surface area contributed by atoms with Gasteiger partial charge in [-0.15, -0.1) is 5.10 Å². The lowest BCUT2D eigenvalue weighted by atomic mass is 10.2. The first-order chi connectivity index (χ1) is 8.33. The maximum atomic E-state index is 5.61. The van der Waals surface area contributed by atoms with E-state index < -0.39 is 0 Å². The van der Waals surface area contributed by atoms with E-state index in [0.717, 1.165) is 31.6 Å². The lowest BCUT2D eigenvalue weighted by Crippen LogP contribution is -2.20. The van der Waals surface area contributed by atoms with Crippen LogP contribution in [-0.2, 0) is 4.74 Å². The highest BCUT2D eigenvalue weighted by Crippen LogP contribution is 2.22. The van der Waals surface area contributed by atoms with Crippen molar-refractivity contribution >= 4 is 0 Å². The second-order valence-corrected chi connectivity index (χ2v) is 4.17. The molecule has 6 nitrogen and oxygen atoms in total. The van der Waals surface area contributed by atoms with Gasteiger partial charge in [0.2, 0.25) is 5.89 Å². The number of aromatic nitrogens is 4. The second kappa shape index (κ2) is 4.29. The van der Waals surface area contributed by atoms with E-state index in [2.05, 4.69) is 15.2 Å². The van der Waals surface area contributed by atoms with Gasteiger partial charge in [-0.3, -0.25) is 0 Å². The summed E-state index contributed by atoms with van der Waals surface area (Å²) in [6, 6.07) is 0. The molecule has 0 radical (unpaired) electrons. The predicted molar refractivity (Wildman–Crippen MR) is 59.1 cm³/mol. The molecule has 0 amide bonds. The lowest BCUT2D eigenvalue weighted by Gasteiger charge is -2.21. The number of hydrogen-bond donors (Lipinski definition) is 0. The minimum atomic E-state index is -0.0476. The number of nitrogens with zero attached hydrogens (tertiary/aromatic N) is 4. The molecule has 6 heteroatoms. The van der Waals surface area contributed by atoms with Gasteiger partial charge in [-0.25, -0.2) is 4.98 Å². The molecule has 2 aromatic rings. The molecule has 0 aliphatic carbocycles. The van der Waals surface area contributed by atoms with Gasteiger partial charge < -0.3 is 9.15 Å². The minimum Gasteiger partial charge on any atom is -0.443 e. The largest absolute Gasteiger partial charge is 0.443 e. The molecule has 1 aliphatic heterocycles. The van der Waals surface area contributed by atoms with Gasteiger partial charge in [-0.1, -0.05) is 0 Å². The van der Waals surface area contributed by atoms with Crippen molar-refractivity contribution < 1.29 is 9.15 Å². The van der Waals surface area contributed by atoms with Crippen molar-refractivity contribution in [1.82, 2.24) is 20.0 Å². The summed E-state index contributed by atoms with van der Waals surface area (Å²) in [4.78, 5) is 5.82. The summed E-state index contributed by atoms with van der Waals surface area (Å²) in [5, 5.41) is 8.55. The lowest BCUT2D eigenvalue weighted by molar-refractivity contribution is -0.0479. The molecule has 90 valence electrons. The SMILES string of the molecule is Cc1coc(-c2cnn(C3CCCCO3)n2)n1. The van der Waals surface area contributed by atoms with Crippen LogP contribution in [0.4, 0.5) is 0 Å². The van der Waals surface area contributed by atoms with Crippen molar-refractivity contribution in [1.29, 1.82) is 0 Å². The molecule has 1 saturated heterocycles. The molecule has 1 fully saturated rings. The molecule has 17 heavy (non-hydrogen) atoms. The van der Waals surface area contributed by atoms with Crippen molar-refractivity contribution in [3.63, 3.8) is 0 Å². The van der Waals surface area contributed by atoms with Gasteiger partial charge in [0.1, 0.15) is 6.26 Å². The van der Waals surface area contributed by atoms with Gasteiger partial charge in [0.25, 0.3) is 0 Å². The molecular formula is C11H14N4O2. The summed E-state index contributed by atoms with van der Waals surface area (Å²) in [7, 11) is 0. The summed E-state index contributed by atoms with van der Waals surface area (Å²) < 4.78 is 10.9. The highest BCUT2D eigenvalue weighted by atomic mass is 16.5. The molecule has 0 aromatic carbocycles. The Balaban J connectivity index is 1.82. The van der Waals surface area contributed by atoms with Crippen LogP contribution < -0.4 is 0 Å². The average molecular weight is 234 g/mol. The van der Waals surface area contributed by atoms with E-state index in [1.807, 2.05) is 6.92 Å². The molecule has 1 aliphatic rings. The highest BCUT2D eigenvalue weighted by molar-refractivity contribution is 5.43. The molecule has 0 saturated carbocycles. The van der Waals surface area contributed by atoms with E-state index >= 15 is 0 Å². The zero-order valence-electron chi connectivity index (χ0n) is 9.67. The van der Waals surface area contributed by atoms with Crippen LogP contribution in [-0.4, -0.2) is 26.6 Å². The Morgan fingerprint density at radius 1 is 1.41 bits per heavy atom. The average Bonchev–Trinajstić information content (AvgIpc) is 2.98. The van der Waals surface area contributed by atoms with Crippen molar-refractivity contribution in [2.24, 2.45) is 0 Å². The monoisotopic (exact) mass is 234 g/mol. The van der Waals surface area contributed by atoms with Crippen LogP contribution in [0.15, 0.2) is 16.9 Å². The third kappa shape index (κ3) is 2.08. The smallest absolute Gasteiger partial charge is 0.248 e. The number of rotatable bonds is 2. The first kappa shape index (κ1) is 10.5. The third-order valence-electron chi connectivity index (χ3n) is 2.76. The molecular weight excluding hydrogens is 220 g/mol. The van der Waals surface area contributed by atoms with Crippen LogP contribution in [0.2, 0.25) is 0 Å². The van der Waals surface area contributed by atoms with Crippen LogP contribution in [0.3, 0.4) is 0 Å². The highest BCUT2D eigenvalue weighted by Gasteiger charge is 2.19. The molecule has 0 N–H and O–H groups in total. The Bertz CT molecular complexity index is 499. The van der Waals surface area contributed by atoms with E-state index in [0.29, 0.717) is 11.6 Å². The Hall–Kier alpha value is -1.69. The maximum absolute atomic E-state index is 5.61. The molecule has 1 atom stereocenters. The van der Waals surface area contributed by atoms with Crippen LogP contribution >= 0.6 is 0 Å². The molecule has 3 rings (SSSR count). The van der Waals surface area contributed by atoms with Gasteiger partial charge in [-0.2, -0.15) is 9.90 Å². The molecule has 2 aromatic heterocycles. The first-order valence-corrected chi connectivity index (χ1v) is 5.79. The fraction of sp³-hybridized carbons (Fsp3) is 0.545. The molecule has 0 spiro atoms. The second-order valence-electron chi connectivity index (χ2n) is 4.17. The van der Waals surface area contributed by atoms with Gasteiger partial charge in [0.15, 0.2) is 11.9 Å². The van der Waals surface area contributed by atoms with E-state index in [1.54, 1.807) is 17.3 Å². The summed E-state index contributed by atoms with van der Waals surface area (Å²) in [6.07, 6.45) is 6.44. The Labute approximate surface area is 98.6 Å². The van der Waals surface area contributed by atoms with Gasteiger partial charge in [0, 0.05) is 6.61 Å². The summed E-state index contributed by atoms with van der Waals surface area (Å²) in [5.74, 6) is 0.504. The van der Waals surface area contributed by atoms with Crippen LogP contribution in [0.1, 0.15) is 31.2 Å². The zero-order chi connectivity index (χ0) is 11.7. The normalized spacial score (nSPS) is 20.6. The minimum absolute atomic E-state index is 0.0476. The van der Waals surface area contributed by atoms with Crippen molar-refractivity contribution in [2.75, 3.05) is 6.61 Å². The van der Waals surface area contributed by atoms with Gasteiger partial charge >= 0.3 is 0 Å². The fourth-order valence-electron chi connectivity index (χ4n) is 1.89. The Morgan fingerprint density at radius 2 is 2.35 bits per heavy atom. The topological polar surface area (TPSA) is 66.0 Å². The predicted octanol–water partition coefficient (Wildman–Crippen LogP) is 1.94. The first-order valence-electron chi connectivity index (χ1n) is 5.79. The van der Waals surface area contributed by atoms with Crippen molar-refractivity contribution in [2.45, 2.75) is 32.4 Å². The third-order valence-corrected chi connectivity index (χ3v) is 2.76. The van der Waals surface area contributed by atoms with Crippen molar-refractivity contribution in [3.05, 3.63) is 18.2 Å². The molecule has 0 bridgehead atoms. The van der Waals surface area contributed by atoms with Crippen molar-refractivity contribution in [3.8, 4) is 11.6 Å². The van der Waals surface area contributed by atoms with Crippen LogP contribution in [0, 0.1) is 6.92 Å². The summed E-state index contributed by atoms with van der Waals surface area (Å²) in [5.41, 5.74) is 1.48. The summed E-state index contributed by atoms with van der Waals surface area (Å²) >= 11 is 0. The van der Waals surface area contributed by atoms with Gasteiger partial charge in [-0.05, 0) is 26.2 Å². The van der Waals surface area contributed by atoms with Gasteiger partial charge in [0.05, 0.1) is 11.9 Å². The standard InChI is InChI=1S/C11H14N4O2/c1-8-7-17-11(13-8)9-6-12-15(14-9)10-4-2-3-5-16-10/h6-7,10H,2-5H2,1H3. The molecule has 1 unspecified atom stereocenters. The zero-order valence-corrected chi connectivity index (χ0v) is 9.67. The van der Waals surface area contributed by atoms with Crippen LogP contribution in [0.25, 0.3) is 11.6 Å². The number of ether oxygens (including phenoxy) is 1.